The average Bonchev–Trinajstić information content (AvgIpc) is 3.04. The Morgan fingerprint density at radius 3 is 2.83 bits per heavy atom. The molecule has 1 fully saturated rings. The summed E-state index contributed by atoms with van der Waals surface area (Å²) in [5.74, 6) is 0.335. The van der Waals surface area contributed by atoms with E-state index in [4.69, 9.17) is 16.1 Å². The Morgan fingerprint density at radius 2 is 2.13 bits per heavy atom. The van der Waals surface area contributed by atoms with E-state index in [0.29, 0.717) is 23.8 Å². The third-order valence-corrected chi connectivity index (χ3v) is 4.14. The third-order valence-electron chi connectivity index (χ3n) is 3.96. The van der Waals surface area contributed by atoms with Gasteiger partial charge in [0.2, 0.25) is 17.6 Å². The molecule has 2 unspecified atom stereocenters. The van der Waals surface area contributed by atoms with E-state index in [2.05, 4.69) is 10.1 Å². The van der Waals surface area contributed by atoms with Gasteiger partial charge in [0.05, 0.1) is 0 Å². The van der Waals surface area contributed by atoms with Crippen molar-refractivity contribution >= 4 is 17.5 Å². The minimum Gasteiger partial charge on any atom is -0.337 e. The molecule has 0 aliphatic carbocycles. The first kappa shape index (κ1) is 15.9. The fraction of sp³-hybridized carbons (Fsp3) is 0.438. The monoisotopic (exact) mass is 337 g/mol. The van der Waals surface area contributed by atoms with Gasteiger partial charge in [0.15, 0.2) is 0 Å². The first-order chi connectivity index (χ1) is 11.1. The van der Waals surface area contributed by atoms with Gasteiger partial charge in [-0.25, -0.2) is 4.39 Å². The van der Waals surface area contributed by atoms with E-state index in [1.165, 1.54) is 12.1 Å². The fourth-order valence-corrected chi connectivity index (χ4v) is 2.89. The maximum Gasteiger partial charge on any atom is 0.249 e. The zero-order chi connectivity index (χ0) is 16.4. The zero-order valence-corrected chi connectivity index (χ0v) is 13.5. The highest BCUT2D eigenvalue weighted by Crippen LogP contribution is 2.32. The Bertz CT molecular complexity index is 687. The molecule has 23 heavy (non-hydrogen) atoms. The van der Waals surface area contributed by atoms with E-state index in [0.717, 1.165) is 19.3 Å². The second kappa shape index (κ2) is 6.66. The second-order valence-corrected chi connectivity index (χ2v) is 6.28. The van der Waals surface area contributed by atoms with Crippen molar-refractivity contribution in [3.63, 3.8) is 0 Å². The Balaban J connectivity index is 1.85. The molecule has 0 radical (unpaired) electrons. The predicted molar refractivity (Wildman–Crippen MR) is 83.3 cm³/mol. The molecule has 2 heterocycles. The molecule has 0 bridgehead atoms. The van der Waals surface area contributed by atoms with Gasteiger partial charge in [-0.2, -0.15) is 4.98 Å². The number of alkyl halides is 1. The quantitative estimate of drug-likeness (QED) is 0.803. The fourth-order valence-electron chi connectivity index (χ4n) is 2.77. The van der Waals surface area contributed by atoms with Crippen LogP contribution in [0.2, 0.25) is 0 Å². The second-order valence-electron chi connectivity index (χ2n) is 5.62. The lowest BCUT2D eigenvalue weighted by atomic mass is 10.0. The third kappa shape index (κ3) is 3.37. The minimum atomic E-state index is -0.588. The Labute approximate surface area is 138 Å². The number of carbonyl (C=O) groups is 1. The Kier molecular flexibility index (Phi) is 4.61. The Hall–Kier alpha value is -1.95. The van der Waals surface area contributed by atoms with E-state index in [-0.39, 0.29) is 17.8 Å². The molecule has 2 aromatic rings. The van der Waals surface area contributed by atoms with Crippen molar-refractivity contribution < 1.29 is 13.7 Å². The van der Waals surface area contributed by atoms with Crippen molar-refractivity contribution in [3.05, 3.63) is 36.0 Å². The summed E-state index contributed by atoms with van der Waals surface area (Å²) in [6.07, 6.45) is 2.69. The molecule has 0 saturated carbocycles. The molecule has 5 nitrogen and oxygen atoms in total. The highest BCUT2D eigenvalue weighted by molar-refractivity contribution is 6.30. The lowest BCUT2D eigenvalue weighted by Crippen LogP contribution is -2.41. The van der Waals surface area contributed by atoms with Gasteiger partial charge in [0.25, 0.3) is 0 Å². The molecule has 1 aliphatic heterocycles. The van der Waals surface area contributed by atoms with Crippen molar-refractivity contribution in [2.75, 3.05) is 6.54 Å². The van der Waals surface area contributed by atoms with Crippen LogP contribution in [-0.4, -0.2) is 32.9 Å². The van der Waals surface area contributed by atoms with E-state index in [1.807, 2.05) is 0 Å². The molecule has 1 aromatic heterocycles. The lowest BCUT2D eigenvalue weighted by Gasteiger charge is -2.34. The number of rotatable bonds is 3. The van der Waals surface area contributed by atoms with E-state index >= 15 is 0 Å². The standard InChI is InChI=1S/C16H17ClFN3O2/c1-10(17)16(22)21-9-3-2-4-13(21)15-19-14(20-23-15)11-5-7-12(18)8-6-11/h5-8,10,13H,2-4,9H2,1H3. The van der Waals surface area contributed by atoms with Gasteiger partial charge < -0.3 is 9.42 Å². The van der Waals surface area contributed by atoms with Crippen LogP contribution in [0.3, 0.4) is 0 Å². The van der Waals surface area contributed by atoms with Crippen molar-refractivity contribution in [3.8, 4) is 11.4 Å². The highest BCUT2D eigenvalue weighted by Gasteiger charge is 2.33. The van der Waals surface area contributed by atoms with Crippen LogP contribution in [0.1, 0.15) is 38.1 Å². The van der Waals surface area contributed by atoms with E-state index in [9.17, 15) is 9.18 Å². The summed E-state index contributed by atoms with van der Waals surface area (Å²) in [7, 11) is 0. The molecule has 1 amide bonds. The first-order valence-corrected chi connectivity index (χ1v) is 8.04. The molecule has 1 aliphatic rings. The average molecular weight is 338 g/mol. The van der Waals surface area contributed by atoms with Crippen molar-refractivity contribution in [1.82, 2.24) is 15.0 Å². The van der Waals surface area contributed by atoms with Crippen molar-refractivity contribution in [2.24, 2.45) is 0 Å². The molecule has 122 valence electrons. The summed E-state index contributed by atoms with van der Waals surface area (Å²) < 4.78 is 18.4. The van der Waals surface area contributed by atoms with Crippen LogP contribution in [0.15, 0.2) is 28.8 Å². The lowest BCUT2D eigenvalue weighted by molar-refractivity contribution is -0.135. The number of hydrogen-bond donors (Lipinski definition) is 0. The summed E-state index contributed by atoms with van der Waals surface area (Å²) in [4.78, 5) is 18.4. The number of likely N-dealkylation sites (tertiary alicyclic amines) is 1. The summed E-state index contributed by atoms with van der Waals surface area (Å²) in [6, 6.07) is 5.62. The molecular formula is C16H17ClFN3O2. The molecule has 1 aromatic carbocycles. The summed E-state index contributed by atoms with van der Waals surface area (Å²) in [5, 5.41) is 3.36. The van der Waals surface area contributed by atoms with Gasteiger partial charge in [0, 0.05) is 12.1 Å². The number of halogens is 2. The van der Waals surface area contributed by atoms with Gasteiger partial charge in [-0.05, 0) is 50.5 Å². The molecule has 7 heteroatoms. The number of nitrogens with zero attached hydrogens (tertiary/aromatic N) is 3. The van der Waals surface area contributed by atoms with E-state index < -0.39 is 5.38 Å². The van der Waals surface area contributed by atoms with Gasteiger partial charge >= 0.3 is 0 Å². The van der Waals surface area contributed by atoms with Crippen LogP contribution in [0.5, 0.6) is 0 Å². The number of carbonyl (C=O) groups excluding carboxylic acids is 1. The Morgan fingerprint density at radius 1 is 1.39 bits per heavy atom. The van der Waals surface area contributed by atoms with Crippen molar-refractivity contribution in [1.29, 1.82) is 0 Å². The van der Waals surface area contributed by atoms with Gasteiger partial charge in [-0.1, -0.05) is 5.16 Å². The topological polar surface area (TPSA) is 59.2 Å². The van der Waals surface area contributed by atoms with Crippen LogP contribution >= 0.6 is 11.6 Å². The largest absolute Gasteiger partial charge is 0.337 e. The number of benzene rings is 1. The molecular weight excluding hydrogens is 321 g/mol. The molecule has 3 rings (SSSR count). The minimum absolute atomic E-state index is 0.127. The number of amides is 1. The molecule has 1 saturated heterocycles. The van der Waals surface area contributed by atoms with Gasteiger partial charge in [-0.3, -0.25) is 4.79 Å². The first-order valence-electron chi connectivity index (χ1n) is 7.60. The van der Waals surface area contributed by atoms with Crippen LogP contribution in [0.25, 0.3) is 11.4 Å². The maximum atomic E-state index is 13.0. The predicted octanol–water partition coefficient (Wildman–Crippen LogP) is 3.56. The zero-order valence-electron chi connectivity index (χ0n) is 12.7. The highest BCUT2D eigenvalue weighted by atomic mass is 35.5. The molecule has 0 spiro atoms. The van der Waals surface area contributed by atoms with Crippen LogP contribution in [0.4, 0.5) is 4.39 Å². The molecule has 0 N–H and O–H groups in total. The number of piperidine rings is 1. The van der Waals surface area contributed by atoms with Crippen LogP contribution in [0, 0.1) is 5.82 Å². The van der Waals surface area contributed by atoms with Crippen molar-refractivity contribution in [2.45, 2.75) is 37.6 Å². The SMILES string of the molecule is CC(Cl)C(=O)N1CCCCC1c1nc(-c2ccc(F)cc2)no1. The van der Waals surface area contributed by atoms with E-state index in [1.54, 1.807) is 24.0 Å². The maximum absolute atomic E-state index is 13.0. The summed E-state index contributed by atoms with van der Waals surface area (Å²) in [6.45, 7) is 2.29. The number of hydrogen-bond acceptors (Lipinski definition) is 4. The van der Waals surface area contributed by atoms with Crippen LogP contribution in [-0.2, 0) is 4.79 Å². The smallest absolute Gasteiger partial charge is 0.249 e. The van der Waals surface area contributed by atoms with Gasteiger partial charge in [-0.15, -0.1) is 11.6 Å². The number of aromatic nitrogens is 2. The normalized spacial score (nSPS) is 19.6. The molecule has 2 atom stereocenters. The summed E-state index contributed by atoms with van der Waals surface area (Å²) >= 11 is 5.94. The summed E-state index contributed by atoms with van der Waals surface area (Å²) in [5.41, 5.74) is 0.667. The van der Waals surface area contributed by atoms with Gasteiger partial charge in [0.1, 0.15) is 17.2 Å². The van der Waals surface area contributed by atoms with Crippen LogP contribution < -0.4 is 0 Å².